The molecule has 2 nitrogen and oxygen atoms in total. The molecule has 90 valence electrons. The van der Waals surface area contributed by atoms with Crippen molar-refractivity contribution in [3.63, 3.8) is 0 Å². The molecule has 0 spiro atoms. The van der Waals surface area contributed by atoms with Gasteiger partial charge in [0.1, 0.15) is 5.82 Å². The first kappa shape index (κ1) is 12.5. The minimum Gasteiger partial charge on any atom is -0.323 e. The van der Waals surface area contributed by atoms with Crippen LogP contribution in [-0.2, 0) is 6.42 Å². The van der Waals surface area contributed by atoms with Crippen LogP contribution in [-0.4, -0.2) is 4.98 Å². The van der Waals surface area contributed by atoms with Gasteiger partial charge in [0.2, 0.25) is 0 Å². The summed E-state index contributed by atoms with van der Waals surface area (Å²) < 4.78 is 13.6. The zero-order valence-electron chi connectivity index (χ0n) is 9.28. The van der Waals surface area contributed by atoms with Crippen LogP contribution in [0.1, 0.15) is 22.3 Å². The number of nitrogens with zero attached hydrogens (tertiary/aromatic N) is 1. The molecule has 0 radical (unpaired) electrons. The van der Waals surface area contributed by atoms with Gasteiger partial charge >= 0.3 is 0 Å². The first-order valence-corrected chi connectivity index (χ1v) is 6.44. The van der Waals surface area contributed by atoms with E-state index in [0.29, 0.717) is 17.0 Å². The Kier molecular flexibility index (Phi) is 3.76. The zero-order chi connectivity index (χ0) is 12.4. The Balaban J connectivity index is 2.22. The number of benzene rings is 1. The minimum atomic E-state index is -0.464. The van der Waals surface area contributed by atoms with Gasteiger partial charge < -0.3 is 5.73 Å². The second kappa shape index (κ2) is 5.12. The number of aryl methyl sites for hydroxylation is 1. The molecule has 0 aliphatic heterocycles. The molecule has 5 heteroatoms. The molecule has 0 fully saturated rings. The van der Waals surface area contributed by atoms with Crippen LogP contribution < -0.4 is 5.73 Å². The molecule has 17 heavy (non-hydrogen) atoms. The summed E-state index contributed by atoms with van der Waals surface area (Å²) in [4.78, 5) is 4.31. The lowest BCUT2D eigenvalue weighted by molar-refractivity contribution is 0.580. The van der Waals surface area contributed by atoms with Crippen LogP contribution in [0.3, 0.4) is 0 Å². The van der Waals surface area contributed by atoms with Crippen LogP contribution in [0.4, 0.5) is 4.39 Å². The molecule has 0 bridgehead atoms. The lowest BCUT2D eigenvalue weighted by Crippen LogP contribution is -2.15. The van der Waals surface area contributed by atoms with E-state index in [1.54, 1.807) is 12.1 Å². The van der Waals surface area contributed by atoms with Crippen molar-refractivity contribution < 1.29 is 4.39 Å². The van der Waals surface area contributed by atoms with Crippen LogP contribution in [0, 0.1) is 12.7 Å². The van der Waals surface area contributed by atoms with Gasteiger partial charge in [-0.3, -0.25) is 0 Å². The molecule has 0 aliphatic carbocycles. The number of aromatic nitrogens is 1. The predicted octanol–water partition coefficient (Wildman–Crippen LogP) is 3.49. The van der Waals surface area contributed by atoms with Gasteiger partial charge in [-0.25, -0.2) is 9.37 Å². The second-order valence-electron chi connectivity index (χ2n) is 3.83. The number of hydrogen-bond acceptors (Lipinski definition) is 3. The summed E-state index contributed by atoms with van der Waals surface area (Å²) in [7, 11) is 0. The van der Waals surface area contributed by atoms with Crippen LogP contribution in [0.25, 0.3) is 0 Å². The highest BCUT2D eigenvalue weighted by Gasteiger charge is 2.16. The Bertz CT molecular complexity index is 507. The average molecular weight is 271 g/mol. The van der Waals surface area contributed by atoms with E-state index in [9.17, 15) is 4.39 Å². The molecule has 2 rings (SSSR count). The van der Waals surface area contributed by atoms with Crippen molar-refractivity contribution >= 4 is 22.9 Å². The second-order valence-corrected chi connectivity index (χ2v) is 5.18. The minimum absolute atomic E-state index is 0.363. The Morgan fingerprint density at radius 2 is 2.29 bits per heavy atom. The molecule has 1 aromatic heterocycles. The maximum atomic E-state index is 13.6. The van der Waals surface area contributed by atoms with Gasteiger partial charge in [-0.15, -0.1) is 11.3 Å². The van der Waals surface area contributed by atoms with Crippen molar-refractivity contribution in [3.05, 3.63) is 50.7 Å². The van der Waals surface area contributed by atoms with Crippen LogP contribution in [0.15, 0.2) is 23.6 Å². The molecular weight excluding hydrogens is 259 g/mol. The van der Waals surface area contributed by atoms with E-state index >= 15 is 0 Å². The number of thiazole rings is 1. The SMILES string of the molecule is Cc1csc(CC(N)c2c(F)cccc2Cl)n1. The third-order valence-corrected chi connectivity index (χ3v) is 3.75. The van der Waals surface area contributed by atoms with Crippen LogP contribution in [0.5, 0.6) is 0 Å². The van der Waals surface area contributed by atoms with E-state index in [1.165, 1.54) is 17.4 Å². The van der Waals surface area contributed by atoms with Gasteiger partial charge in [0.25, 0.3) is 0 Å². The average Bonchev–Trinajstić information content (AvgIpc) is 2.63. The largest absolute Gasteiger partial charge is 0.323 e. The first-order chi connectivity index (χ1) is 8.08. The molecule has 0 aliphatic rings. The monoisotopic (exact) mass is 270 g/mol. The quantitative estimate of drug-likeness (QED) is 0.927. The Labute approximate surface area is 108 Å². The van der Waals surface area contributed by atoms with Gasteiger partial charge in [-0.2, -0.15) is 0 Å². The maximum absolute atomic E-state index is 13.6. The first-order valence-electron chi connectivity index (χ1n) is 5.18. The van der Waals surface area contributed by atoms with E-state index < -0.39 is 6.04 Å². The van der Waals surface area contributed by atoms with Crippen molar-refractivity contribution in [1.29, 1.82) is 0 Å². The van der Waals surface area contributed by atoms with Crippen molar-refractivity contribution in [1.82, 2.24) is 4.98 Å². The molecule has 1 unspecified atom stereocenters. The summed E-state index contributed by atoms with van der Waals surface area (Å²) in [6.07, 6.45) is 0.499. The molecule has 2 N–H and O–H groups in total. The van der Waals surface area contributed by atoms with E-state index in [4.69, 9.17) is 17.3 Å². The van der Waals surface area contributed by atoms with E-state index in [2.05, 4.69) is 4.98 Å². The Morgan fingerprint density at radius 3 is 2.88 bits per heavy atom. The van der Waals surface area contributed by atoms with Crippen molar-refractivity contribution in [2.75, 3.05) is 0 Å². The van der Waals surface area contributed by atoms with Crippen molar-refractivity contribution in [3.8, 4) is 0 Å². The molecule has 1 heterocycles. The summed E-state index contributed by atoms with van der Waals surface area (Å²) >= 11 is 7.49. The van der Waals surface area contributed by atoms with Gasteiger partial charge in [0.05, 0.1) is 5.01 Å². The maximum Gasteiger partial charge on any atom is 0.129 e. The molecule has 0 saturated heterocycles. The van der Waals surface area contributed by atoms with E-state index in [-0.39, 0.29) is 5.82 Å². The smallest absolute Gasteiger partial charge is 0.129 e. The van der Waals surface area contributed by atoms with Gasteiger partial charge in [0, 0.05) is 34.1 Å². The number of nitrogens with two attached hydrogens (primary N) is 1. The zero-order valence-corrected chi connectivity index (χ0v) is 10.9. The van der Waals surface area contributed by atoms with E-state index in [0.717, 1.165) is 10.7 Å². The fourth-order valence-corrected chi connectivity index (χ4v) is 2.79. The summed E-state index contributed by atoms with van der Waals surface area (Å²) in [5, 5.41) is 3.21. The lowest BCUT2D eigenvalue weighted by Gasteiger charge is -2.13. The van der Waals surface area contributed by atoms with E-state index in [1.807, 2.05) is 12.3 Å². The molecule has 1 aromatic carbocycles. The summed E-state index contributed by atoms with van der Waals surface area (Å²) in [6.45, 7) is 1.92. The fraction of sp³-hybridized carbons (Fsp3) is 0.250. The standard InChI is InChI=1S/C12H12ClFN2S/c1-7-6-17-11(16-7)5-10(15)12-8(13)3-2-4-9(12)14/h2-4,6,10H,5,15H2,1H3. The summed E-state index contributed by atoms with van der Waals surface area (Å²) in [6, 6.07) is 4.12. The number of hydrogen-bond donors (Lipinski definition) is 1. The number of halogens is 2. The normalized spacial score (nSPS) is 12.7. The summed E-state index contributed by atoms with van der Waals surface area (Å²) in [5.74, 6) is -0.363. The molecule has 2 aromatic rings. The molecule has 1 atom stereocenters. The van der Waals surface area contributed by atoms with Crippen molar-refractivity contribution in [2.24, 2.45) is 5.73 Å². The highest BCUT2D eigenvalue weighted by molar-refractivity contribution is 7.09. The van der Waals surface area contributed by atoms with Gasteiger partial charge in [0.15, 0.2) is 0 Å². The Hall–Kier alpha value is -0.970. The highest BCUT2D eigenvalue weighted by atomic mass is 35.5. The van der Waals surface area contributed by atoms with Crippen LogP contribution in [0.2, 0.25) is 5.02 Å². The third-order valence-electron chi connectivity index (χ3n) is 2.43. The van der Waals surface area contributed by atoms with Crippen molar-refractivity contribution in [2.45, 2.75) is 19.4 Å². The molecule has 0 saturated carbocycles. The van der Waals surface area contributed by atoms with Gasteiger partial charge in [-0.05, 0) is 19.1 Å². The molecule has 0 amide bonds. The fourth-order valence-electron chi connectivity index (χ4n) is 1.65. The Morgan fingerprint density at radius 1 is 1.53 bits per heavy atom. The molecular formula is C12H12ClFN2S. The third kappa shape index (κ3) is 2.83. The van der Waals surface area contributed by atoms with Crippen LogP contribution >= 0.6 is 22.9 Å². The summed E-state index contributed by atoms with van der Waals surface area (Å²) in [5.41, 5.74) is 7.30. The predicted molar refractivity (Wildman–Crippen MR) is 68.9 cm³/mol. The topological polar surface area (TPSA) is 38.9 Å². The lowest BCUT2D eigenvalue weighted by atomic mass is 10.0. The number of rotatable bonds is 3. The van der Waals surface area contributed by atoms with Gasteiger partial charge in [-0.1, -0.05) is 17.7 Å². The highest BCUT2D eigenvalue weighted by Crippen LogP contribution is 2.27.